The summed E-state index contributed by atoms with van der Waals surface area (Å²) in [7, 11) is 0. The van der Waals surface area contributed by atoms with Crippen LogP contribution in [-0.2, 0) is 15.1 Å². The lowest BCUT2D eigenvalue weighted by Crippen LogP contribution is -2.49. The van der Waals surface area contributed by atoms with Crippen LogP contribution in [0, 0.1) is 11.8 Å². The lowest BCUT2D eigenvalue weighted by atomic mass is 9.83. The van der Waals surface area contributed by atoms with Crippen LogP contribution in [-0.4, -0.2) is 65.4 Å². The molecule has 2 aromatic rings. The fourth-order valence-electron chi connectivity index (χ4n) is 5.81. The Hall–Kier alpha value is -3.19. The fourth-order valence-corrected chi connectivity index (χ4v) is 5.81. The van der Waals surface area contributed by atoms with Gasteiger partial charge in [0.25, 0.3) is 5.91 Å². The number of rotatable bonds is 5. The molecule has 0 aliphatic carbocycles. The summed E-state index contributed by atoms with van der Waals surface area (Å²) in [6.07, 6.45) is 3.80. The SMILES string of the molecule is CC1CCCN(C(=O)C2CCN(CN3C(=O)NC(c4ccccc4)(c4ccccc4)C3=O)CC2)C1. The molecular formula is C28H34N4O3. The summed E-state index contributed by atoms with van der Waals surface area (Å²) in [4.78, 5) is 45.5. The van der Waals surface area contributed by atoms with Crippen LogP contribution in [0.2, 0.25) is 0 Å². The zero-order valence-electron chi connectivity index (χ0n) is 20.4. The first-order chi connectivity index (χ1) is 17.0. The second-order valence-corrected chi connectivity index (χ2v) is 10.2. The normalized spacial score (nSPS) is 23.4. The van der Waals surface area contributed by atoms with Gasteiger partial charge in [0.05, 0.1) is 6.67 Å². The Morgan fingerprint density at radius 3 is 2.09 bits per heavy atom. The third-order valence-electron chi connectivity index (χ3n) is 7.77. The Bertz CT molecular complexity index is 1030. The first kappa shape index (κ1) is 23.5. The Kier molecular flexibility index (Phi) is 6.60. The highest BCUT2D eigenvalue weighted by Crippen LogP contribution is 2.36. The van der Waals surface area contributed by atoms with Gasteiger partial charge in [0.1, 0.15) is 0 Å². The van der Waals surface area contributed by atoms with Crippen molar-refractivity contribution in [1.29, 1.82) is 0 Å². The van der Waals surface area contributed by atoms with Crippen LogP contribution in [0.15, 0.2) is 60.7 Å². The van der Waals surface area contributed by atoms with Crippen LogP contribution in [0.1, 0.15) is 43.7 Å². The van der Waals surface area contributed by atoms with Gasteiger partial charge in [-0.25, -0.2) is 9.69 Å². The number of amides is 4. The minimum atomic E-state index is -1.24. The first-order valence-electron chi connectivity index (χ1n) is 12.8. The third-order valence-corrected chi connectivity index (χ3v) is 7.77. The quantitative estimate of drug-likeness (QED) is 0.674. The Labute approximate surface area is 207 Å². The van der Waals surface area contributed by atoms with Crippen molar-refractivity contribution in [2.24, 2.45) is 11.8 Å². The Morgan fingerprint density at radius 2 is 1.51 bits per heavy atom. The van der Waals surface area contributed by atoms with Gasteiger partial charge in [-0.05, 0) is 42.7 Å². The fraction of sp³-hybridized carbons (Fsp3) is 0.464. The number of benzene rings is 2. The number of imide groups is 1. The molecule has 1 unspecified atom stereocenters. The lowest BCUT2D eigenvalue weighted by molar-refractivity contribution is -0.139. The minimum Gasteiger partial charge on any atom is -0.342 e. The van der Waals surface area contributed by atoms with E-state index in [0.717, 1.165) is 43.5 Å². The molecule has 7 heteroatoms. The second-order valence-electron chi connectivity index (χ2n) is 10.2. The van der Waals surface area contributed by atoms with E-state index in [9.17, 15) is 14.4 Å². The maximum Gasteiger partial charge on any atom is 0.326 e. The van der Waals surface area contributed by atoms with E-state index < -0.39 is 5.54 Å². The molecule has 3 saturated heterocycles. The van der Waals surface area contributed by atoms with Crippen LogP contribution in [0.4, 0.5) is 4.79 Å². The Balaban J connectivity index is 1.28. The standard InChI is InChI=1S/C28H34N4O3/c1-21-9-8-16-31(19-21)25(33)22-14-17-30(18-15-22)20-32-26(34)28(29-27(32)35,23-10-4-2-5-11-23)24-12-6-3-7-13-24/h2-7,10-13,21-22H,8-9,14-20H2,1H3,(H,29,35). The monoisotopic (exact) mass is 474 g/mol. The van der Waals surface area contributed by atoms with Crippen molar-refractivity contribution in [2.45, 2.75) is 38.1 Å². The summed E-state index contributed by atoms with van der Waals surface area (Å²) in [6, 6.07) is 18.5. The summed E-state index contributed by atoms with van der Waals surface area (Å²) >= 11 is 0. The summed E-state index contributed by atoms with van der Waals surface area (Å²) < 4.78 is 0. The third kappa shape index (κ3) is 4.45. The summed E-state index contributed by atoms with van der Waals surface area (Å²) in [5.41, 5.74) is 0.248. The lowest BCUT2D eigenvalue weighted by Gasteiger charge is -2.37. The van der Waals surface area contributed by atoms with E-state index in [1.807, 2.05) is 65.6 Å². The average Bonchev–Trinajstić information content (AvgIpc) is 3.15. The topological polar surface area (TPSA) is 73.0 Å². The number of likely N-dealkylation sites (tertiary alicyclic amines) is 2. The average molecular weight is 475 g/mol. The van der Waals surface area contributed by atoms with Gasteiger partial charge in [-0.3, -0.25) is 14.5 Å². The van der Waals surface area contributed by atoms with Gasteiger partial charge in [-0.1, -0.05) is 67.6 Å². The first-order valence-corrected chi connectivity index (χ1v) is 12.8. The highest BCUT2D eigenvalue weighted by atomic mass is 16.2. The molecule has 0 bridgehead atoms. The molecule has 3 heterocycles. The van der Waals surface area contributed by atoms with Gasteiger partial charge in [0.15, 0.2) is 5.54 Å². The predicted octanol–water partition coefficient (Wildman–Crippen LogP) is 3.41. The Morgan fingerprint density at radius 1 is 0.914 bits per heavy atom. The van der Waals surface area contributed by atoms with Gasteiger partial charge < -0.3 is 10.2 Å². The number of nitrogens with zero attached hydrogens (tertiary/aromatic N) is 3. The number of carbonyl (C=O) groups is 3. The number of nitrogens with one attached hydrogen (secondary N) is 1. The molecule has 3 fully saturated rings. The van der Waals surface area contributed by atoms with E-state index in [1.54, 1.807) is 0 Å². The van der Waals surface area contributed by atoms with Gasteiger partial charge >= 0.3 is 6.03 Å². The molecule has 0 saturated carbocycles. The smallest absolute Gasteiger partial charge is 0.326 e. The van der Waals surface area contributed by atoms with Crippen LogP contribution in [0.25, 0.3) is 0 Å². The summed E-state index contributed by atoms with van der Waals surface area (Å²) in [6.45, 7) is 5.56. The molecule has 0 radical (unpaired) electrons. The minimum absolute atomic E-state index is 0.0346. The van der Waals surface area contributed by atoms with Gasteiger partial charge in [0.2, 0.25) is 5.91 Å². The van der Waals surface area contributed by atoms with E-state index in [-0.39, 0.29) is 30.4 Å². The highest BCUT2D eigenvalue weighted by molar-refractivity contribution is 6.09. The van der Waals surface area contributed by atoms with E-state index in [1.165, 1.54) is 11.3 Å². The van der Waals surface area contributed by atoms with Crippen molar-refractivity contribution in [1.82, 2.24) is 20.0 Å². The zero-order chi connectivity index (χ0) is 24.4. The maximum absolute atomic E-state index is 13.9. The zero-order valence-corrected chi connectivity index (χ0v) is 20.4. The molecule has 4 amide bonds. The molecular weight excluding hydrogens is 440 g/mol. The van der Waals surface area contributed by atoms with Gasteiger partial charge in [-0.15, -0.1) is 0 Å². The van der Waals surface area contributed by atoms with Crippen LogP contribution < -0.4 is 5.32 Å². The van der Waals surface area contributed by atoms with Crippen molar-refractivity contribution in [3.63, 3.8) is 0 Å². The van der Waals surface area contributed by atoms with Crippen molar-refractivity contribution in [3.8, 4) is 0 Å². The molecule has 3 aliphatic heterocycles. The molecule has 1 N–H and O–H groups in total. The van der Waals surface area contributed by atoms with Crippen LogP contribution >= 0.6 is 0 Å². The van der Waals surface area contributed by atoms with E-state index in [0.29, 0.717) is 19.0 Å². The van der Waals surface area contributed by atoms with Crippen molar-refractivity contribution < 1.29 is 14.4 Å². The van der Waals surface area contributed by atoms with Crippen molar-refractivity contribution >= 4 is 17.8 Å². The number of urea groups is 1. The summed E-state index contributed by atoms with van der Waals surface area (Å²) in [5.74, 6) is 0.619. The molecule has 35 heavy (non-hydrogen) atoms. The molecule has 5 rings (SSSR count). The summed E-state index contributed by atoms with van der Waals surface area (Å²) in [5, 5.41) is 3.01. The number of piperidine rings is 2. The van der Waals surface area contributed by atoms with E-state index in [2.05, 4.69) is 17.1 Å². The van der Waals surface area contributed by atoms with E-state index >= 15 is 0 Å². The van der Waals surface area contributed by atoms with Crippen molar-refractivity contribution in [3.05, 3.63) is 71.8 Å². The predicted molar refractivity (Wildman–Crippen MR) is 133 cm³/mol. The van der Waals surface area contributed by atoms with E-state index in [4.69, 9.17) is 0 Å². The number of hydrogen-bond donors (Lipinski definition) is 1. The van der Waals surface area contributed by atoms with Gasteiger partial charge in [0, 0.05) is 32.1 Å². The highest BCUT2D eigenvalue weighted by Gasteiger charge is 2.54. The number of hydrogen-bond acceptors (Lipinski definition) is 4. The molecule has 0 aromatic heterocycles. The molecule has 184 valence electrons. The largest absolute Gasteiger partial charge is 0.342 e. The second kappa shape index (κ2) is 9.82. The molecule has 3 aliphatic rings. The van der Waals surface area contributed by atoms with Gasteiger partial charge in [-0.2, -0.15) is 0 Å². The maximum atomic E-state index is 13.9. The molecule has 7 nitrogen and oxygen atoms in total. The van der Waals surface area contributed by atoms with Crippen LogP contribution in [0.3, 0.4) is 0 Å². The molecule has 0 spiro atoms. The van der Waals surface area contributed by atoms with Crippen LogP contribution in [0.5, 0.6) is 0 Å². The molecule has 2 aromatic carbocycles. The number of carbonyl (C=O) groups excluding carboxylic acids is 3. The van der Waals surface area contributed by atoms with Crippen molar-refractivity contribution in [2.75, 3.05) is 32.8 Å². The molecule has 1 atom stereocenters.